The van der Waals surface area contributed by atoms with Crippen molar-refractivity contribution in [2.24, 2.45) is 0 Å². The molecule has 1 heterocycles. The summed E-state index contributed by atoms with van der Waals surface area (Å²) in [6, 6.07) is 0. The van der Waals surface area contributed by atoms with Gasteiger partial charge < -0.3 is 9.64 Å². The van der Waals surface area contributed by atoms with Crippen LogP contribution in [0.15, 0.2) is 6.20 Å². The van der Waals surface area contributed by atoms with Crippen molar-refractivity contribution < 1.29 is 9.53 Å². The van der Waals surface area contributed by atoms with Gasteiger partial charge in [-0.1, -0.05) is 6.92 Å². The molecular formula is C13H21N3O2. The number of carbonyl (C=O) groups is 1. The van der Waals surface area contributed by atoms with Crippen molar-refractivity contribution in [1.82, 2.24) is 9.97 Å². The van der Waals surface area contributed by atoms with E-state index in [1.54, 1.807) is 13.1 Å². The number of hydrogen-bond acceptors (Lipinski definition) is 5. The van der Waals surface area contributed by atoms with Crippen LogP contribution in [-0.2, 0) is 9.53 Å². The van der Waals surface area contributed by atoms with Gasteiger partial charge in [-0.3, -0.25) is 9.78 Å². The number of rotatable bonds is 6. The molecule has 0 saturated heterocycles. The van der Waals surface area contributed by atoms with E-state index in [4.69, 9.17) is 4.74 Å². The van der Waals surface area contributed by atoms with Crippen molar-refractivity contribution in [3.05, 3.63) is 17.6 Å². The quantitative estimate of drug-likeness (QED) is 0.722. The van der Waals surface area contributed by atoms with Gasteiger partial charge in [0.1, 0.15) is 12.4 Å². The molecule has 0 amide bonds. The SMILES string of the molecule is CCCN(CC(=O)OCC)c1cnc(C)c(C)n1. The Morgan fingerprint density at radius 3 is 2.61 bits per heavy atom. The fraction of sp³-hybridized carbons (Fsp3) is 0.615. The van der Waals surface area contributed by atoms with Gasteiger partial charge in [-0.05, 0) is 27.2 Å². The van der Waals surface area contributed by atoms with E-state index in [0.29, 0.717) is 6.61 Å². The predicted octanol–water partition coefficient (Wildman–Crippen LogP) is 1.87. The highest BCUT2D eigenvalue weighted by Gasteiger charge is 2.13. The van der Waals surface area contributed by atoms with Gasteiger partial charge >= 0.3 is 5.97 Å². The fourth-order valence-electron chi connectivity index (χ4n) is 1.59. The van der Waals surface area contributed by atoms with E-state index in [9.17, 15) is 4.79 Å². The summed E-state index contributed by atoms with van der Waals surface area (Å²) in [5.41, 5.74) is 1.80. The van der Waals surface area contributed by atoms with Gasteiger partial charge in [0.15, 0.2) is 0 Å². The molecule has 0 aliphatic rings. The Bertz CT molecular complexity index is 407. The first-order valence-corrected chi connectivity index (χ1v) is 6.29. The largest absolute Gasteiger partial charge is 0.465 e. The number of anilines is 1. The van der Waals surface area contributed by atoms with Crippen molar-refractivity contribution in [3.63, 3.8) is 0 Å². The number of aryl methyl sites for hydroxylation is 2. The first kappa shape index (κ1) is 14.4. The van der Waals surface area contributed by atoms with E-state index in [1.807, 2.05) is 18.7 Å². The molecule has 0 spiro atoms. The average Bonchev–Trinajstić information content (AvgIpc) is 2.32. The van der Waals surface area contributed by atoms with Crippen molar-refractivity contribution in [2.45, 2.75) is 34.1 Å². The second-order valence-electron chi connectivity index (χ2n) is 4.13. The lowest BCUT2D eigenvalue weighted by Gasteiger charge is -2.22. The minimum absolute atomic E-state index is 0.221. The van der Waals surface area contributed by atoms with Gasteiger partial charge in [-0.2, -0.15) is 0 Å². The van der Waals surface area contributed by atoms with E-state index in [2.05, 4.69) is 16.9 Å². The van der Waals surface area contributed by atoms with Crippen molar-refractivity contribution in [3.8, 4) is 0 Å². The van der Waals surface area contributed by atoms with Crippen LogP contribution < -0.4 is 4.90 Å². The molecule has 1 aromatic rings. The molecule has 0 fully saturated rings. The molecule has 0 saturated carbocycles. The molecule has 0 unspecified atom stereocenters. The monoisotopic (exact) mass is 251 g/mol. The summed E-state index contributed by atoms with van der Waals surface area (Å²) < 4.78 is 4.97. The maximum absolute atomic E-state index is 11.5. The molecule has 0 bridgehead atoms. The zero-order valence-corrected chi connectivity index (χ0v) is 11.6. The van der Waals surface area contributed by atoms with Crippen LogP contribution in [-0.4, -0.2) is 35.6 Å². The average molecular weight is 251 g/mol. The first-order chi connectivity index (χ1) is 8.58. The lowest BCUT2D eigenvalue weighted by atomic mass is 10.3. The topological polar surface area (TPSA) is 55.3 Å². The van der Waals surface area contributed by atoms with E-state index in [0.717, 1.165) is 30.2 Å². The van der Waals surface area contributed by atoms with Crippen LogP contribution in [0.25, 0.3) is 0 Å². The summed E-state index contributed by atoms with van der Waals surface area (Å²) in [7, 11) is 0. The Kier molecular flexibility index (Phi) is 5.55. The summed E-state index contributed by atoms with van der Waals surface area (Å²) in [5.74, 6) is 0.499. The lowest BCUT2D eigenvalue weighted by Crippen LogP contribution is -2.32. The van der Waals surface area contributed by atoms with Crippen molar-refractivity contribution >= 4 is 11.8 Å². The van der Waals surface area contributed by atoms with Gasteiger partial charge in [0.2, 0.25) is 0 Å². The Balaban J connectivity index is 2.82. The Morgan fingerprint density at radius 1 is 1.33 bits per heavy atom. The molecule has 100 valence electrons. The zero-order chi connectivity index (χ0) is 13.5. The summed E-state index contributed by atoms with van der Waals surface area (Å²) in [4.78, 5) is 22.2. The summed E-state index contributed by atoms with van der Waals surface area (Å²) in [6.07, 6.45) is 2.64. The summed E-state index contributed by atoms with van der Waals surface area (Å²) in [6.45, 7) is 9.08. The molecule has 0 aliphatic carbocycles. The molecule has 18 heavy (non-hydrogen) atoms. The van der Waals surface area contributed by atoms with Crippen LogP contribution in [0.4, 0.5) is 5.82 Å². The van der Waals surface area contributed by atoms with E-state index in [1.165, 1.54) is 0 Å². The minimum atomic E-state index is -0.231. The molecule has 5 heteroatoms. The molecule has 0 aliphatic heterocycles. The fourth-order valence-corrected chi connectivity index (χ4v) is 1.59. The second-order valence-corrected chi connectivity index (χ2v) is 4.13. The zero-order valence-electron chi connectivity index (χ0n) is 11.6. The molecule has 0 N–H and O–H groups in total. The van der Waals surface area contributed by atoms with Gasteiger partial charge in [0, 0.05) is 6.54 Å². The third-order valence-electron chi connectivity index (χ3n) is 2.62. The van der Waals surface area contributed by atoms with E-state index >= 15 is 0 Å². The molecule has 1 aromatic heterocycles. The van der Waals surface area contributed by atoms with Gasteiger partial charge in [-0.15, -0.1) is 0 Å². The molecule has 0 radical (unpaired) electrons. The van der Waals surface area contributed by atoms with Crippen LogP contribution in [0.5, 0.6) is 0 Å². The van der Waals surface area contributed by atoms with Crippen molar-refractivity contribution in [1.29, 1.82) is 0 Å². The number of hydrogen-bond donors (Lipinski definition) is 0. The van der Waals surface area contributed by atoms with Gasteiger partial charge in [-0.25, -0.2) is 4.98 Å². The number of esters is 1. The van der Waals surface area contributed by atoms with Crippen molar-refractivity contribution in [2.75, 3.05) is 24.6 Å². The van der Waals surface area contributed by atoms with Crippen LogP contribution in [0, 0.1) is 13.8 Å². The standard InChI is InChI=1S/C13H21N3O2/c1-5-7-16(9-13(17)18-6-2)12-8-14-10(3)11(4)15-12/h8H,5-7,9H2,1-4H3. The molecular weight excluding hydrogens is 230 g/mol. The first-order valence-electron chi connectivity index (χ1n) is 6.29. The highest BCUT2D eigenvalue weighted by molar-refractivity contribution is 5.75. The van der Waals surface area contributed by atoms with Gasteiger partial charge in [0.05, 0.1) is 24.2 Å². The number of ether oxygens (including phenoxy) is 1. The molecule has 5 nitrogen and oxygen atoms in total. The minimum Gasteiger partial charge on any atom is -0.465 e. The number of aromatic nitrogens is 2. The number of nitrogens with zero attached hydrogens (tertiary/aromatic N) is 3. The summed E-state index contributed by atoms with van der Waals surface area (Å²) >= 11 is 0. The van der Waals surface area contributed by atoms with Crippen LogP contribution in [0.2, 0.25) is 0 Å². The third kappa shape index (κ3) is 3.98. The summed E-state index contributed by atoms with van der Waals surface area (Å²) in [5, 5.41) is 0. The third-order valence-corrected chi connectivity index (χ3v) is 2.62. The molecule has 1 rings (SSSR count). The van der Waals surface area contributed by atoms with Crippen LogP contribution >= 0.6 is 0 Å². The molecule has 0 aromatic carbocycles. The predicted molar refractivity (Wildman–Crippen MR) is 70.6 cm³/mol. The second kappa shape index (κ2) is 6.93. The Hall–Kier alpha value is -1.65. The Labute approximate surface area is 108 Å². The van der Waals surface area contributed by atoms with Crippen LogP contribution in [0.3, 0.4) is 0 Å². The number of carbonyl (C=O) groups excluding carboxylic acids is 1. The maximum Gasteiger partial charge on any atom is 0.325 e. The smallest absolute Gasteiger partial charge is 0.325 e. The highest BCUT2D eigenvalue weighted by atomic mass is 16.5. The van der Waals surface area contributed by atoms with E-state index < -0.39 is 0 Å². The van der Waals surface area contributed by atoms with Crippen LogP contribution in [0.1, 0.15) is 31.7 Å². The maximum atomic E-state index is 11.5. The van der Waals surface area contributed by atoms with Gasteiger partial charge in [0.25, 0.3) is 0 Å². The van der Waals surface area contributed by atoms with E-state index in [-0.39, 0.29) is 12.5 Å². The normalized spacial score (nSPS) is 10.2. The molecule has 0 atom stereocenters. The lowest BCUT2D eigenvalue weighted by molar-refractivity contribution is -0.141. The highest BCUT2D eigenvalue weighted by Crippen LogP contribution is 2.12. The Morgan fingerprint density at radius 2 is 2.06 bits per heavy atom.